The molecular weight excluding hydrogens is 349 g/mol. The van der Waals surface area contributed by atoms with Crippen LogP contribution in [0.15, 0.2) is 59.0 Å². The molecule has 0 bridgehead atoms. The summed E-state index contributed by atoms with van der Waals surface area (Å²) in [6.45, 7) is 2.53. The number of hydrogen-bond acceptors (Lipinski definition) is 4. The van der Waals surface area contributed by atoms with E-state index in [0.29, 0.717) is 17.3 Å². The Morgan fingerprint density at radius 2 is 1.85 bits per heavy atom. The molecule has 0 aliphatic carbocycles. The highest BCUT2D eigenvalue weighted by Gasteiger charge is 2.22. The molecule has 1 aliphatic heterocycles. The van der Waals surface area contributed by atoms with E-state index in [2.05, 4.69) is 0 Å². The molecule has 27 heavy (non-hydrogen) atoms. The number of rotatable bonds is 5. The molecule has 4 rings (SSSR count). The lowest BCUT2D eigenvalue weighted by atomic mass is 10.1. The Morgan fingerprint density at radius 3 is 2.63 bits per heavy atom. The molecule has 0 N–H and O–H groups in total. The minimum atomic E-state index is -0.547. The van der Waals surface area contributed by atoms with Gasteiger partial charge >= 0.3 is 0 Å². The zero-order valence-corrected chi connectivity index (χ0v) is 14.8. The van der Waals surface area contributed by atoms with Gasteiger partial charge in [-0.05, 0) is 48.9 Å². The van der Waals surface area contributed by atoms with Gasteiger partial charge < -0.3 is 18.8 Å². The lowest BCUT2D eigenvalue weighted by Crippen LogP contribution is -2.30. The fourth-order valence-corrected chi connectivity index (χ4v) is 3.02. The van der Waals surface area contributed by atoms with Crippen LogP contribution in [0.25, 0.3) is 0 Å². The molecule has 2 aromatic carbocycles. The molecule has 1 aliphatic rings. The molecule has 0 radical (unpaired) electrons. The number of hydrogen-bond donors (Lipinski definition) is 0. The van der Waals surface area contributed by atoms with Crippen LogP contribution in [0, 0.1) is 12.7 Å². The minimum Gasteiger partial charge on any atom is -0.464 e. The summed E-state index contributed by atoms with van der Waals surface area (Å²) in [7, 11) is 0. The largest absolute Gasteiger partial charge is 0.464 e. The quantitative estimate of drug-likeness (QED) is 0.675. The monoisotopic (exact) mass is 367 g/mol. The van der Waals surface area contributed by atoms with Crippen molar-refractivity contribution in [2.45, 2.75) is 20.0 Å². The van der Waals surface area contributed by atoms with Crippen molar-refractivity contribution in [2.24, 2.45) is 0 Å². The molecule has 138 valence electrons. The van der Waals surface area contributed by atoms with Gasteiger partial charge in [0.1, 0.15) is 17.3 Å². The third-order valence-electron chi connectivity index (χ3n) is 4.34. The number of ether oxygens (including phenoxy) is 2. The first-order valence-electron chi connectivity index (χ1n) is 8.58. The van der Waals surface area contributed by atoms with Crippen molar-refractivity contribution in [1.82, 2.24) is 4.90 Å². The molecule has 1 aromatic heterocycles. The highest BCUT2D eigenvalue weighted by Crippen LogP contribution is 2.33. The normalized spacial score (nSPS) is 12.2. The highest BCUT2D eigenvalue weighted by atomic mass is 19.1. The molecule has 0 unspecified atom stereocenters. The van der Waals surface area contributed by atoms with Gasteiger partial charge in [-0.25, -0.2) is 4.39 Å². The first-order valence-corrected chi connectivity index (χ1v) is 8.58. The molecule has 5 nitrogen and oxygen atoms in total. The number of benzene rings is 2. The highest BCUT2D eigenvalue weighted by molar-refractivity contribution is 5.94. The van der Waals surface area contributed by atoms with Crippen LogP contribution in [0.3, 0.4) is 0 Å². The fourth-order valence-electron chi connectivity index (χ4n) is 3.02. The third kappa shape index (κ3) is 3.65. The van der Waals surface area contributed by atoms with E-state index in [1.165, 1.54) is 12.1 Å². The number of halogens is 1. The number of fused-ring (bicyclic) bond motifs is 1. The van der Waals surface area contributed by atoms with Crippen LogP contribution in [0.5, 0.6) is 11.5 Å². The predicted molar refractivity (Wildman–Crippen MR) is 96.0 cm³/mol. The van der Waals surface area contributed by atoms with E-state index in [0.717, 1.165) is 11.3 Å². The molecule has 0 saturated heterocycles. The Bertz CT molecular complexity index is 982. The standard InChI is InChI=1S/C21H18FNO4/c1-14-6-8-16(27-14)12-23(21(24)17-4-2-3-5-18(17)22)11-15-7-9-19-20(10-15)26-13-25-19/h2-10H,11-13H2,1H3. The number of nitrogens with zero attached hydrogens (tertiary/aromatic N) is 1. The summed E-state index contributed by atoms with van der Waals surface area (Å²) < 4.78 is 30.5. The summed E-state index contributed by atoms with van der Waals surface area (Å²) in [5, 5.41) is 0. The van der Waals surface area contributed by atoms with E-state index in [1.807, 2.05) is 31.2 Å². The minimum absolute atomic E-state index is 0.0292. The maximum Gasteiger partial charge on any atom is 0.257 e. The van der Waals surface area contributed by atoms with Gasteiger partial charge in [-0.2, -0.15) is 0 Å². The molecule has 0 fully saturated rings. The maximum atomic E-state index is 14.2. The second-order valence-corrected chi connectivity index (χ2v) is 6.34. The van der Waals surface area contributed by atoms with Gasteiger partial charge in [0.25, 0.3) is 5.91 Å². The van der Waals surface area contributed by atoms with Crippen molar-refractivity contribution in [2.75, 3.05) is 6.79 Å². The number of carbonyl (C=O) groups excluding carboxylic acids is 1. The smallest absolute Gasteiger partial charge is 0.257 e. The van der Waals surface area contributed by atoms with Crippen molar-refractivity contribution in [1.29, 1.82) is 0 Å². The van der Waals surface area contributed by atoms with Gasteiger partial charge in [0, 0.05) is 6.54 Å². The molecule has 6 heteroatoms. The predicted octanol–water partition coefficient (Wildman–Crippen LogP) is 4.30. The van der Waals surface area contributed by atoms with Crippen LogP contribution in [0.2, 0.25) is 0 Å². The summed E-state index contributed by atoms with van der Waals surface area (Å²) in [5.74, 6) is 1.75. The topological polar surface area (TPSA) is 51.9 Å². The Kier molecular flexibility index (Phi) is 4.54. The van der Waals surface area contributed by atoms with Crippen molar-refractivity contribution in [3.05, 3.63) is 83.1 Å². The summed E-state index contributed by atoms with van der Waals surface area (Å²) >= 11 is 0. The van der Waals surface area contributed by atoms with Crippen molar-refractivity contribution in [3.8, 4) is 11.5 Å². The SMILES string of the molecule is Cc1ccc(CN(Cc2ccc3c(c2)OCO3)C(=O)c2ccccc2F)o1. The third-order valence-corrected chi connectivity index (χ3v) is 4.34. The maximum absolute atomic E-state index is 14.2. The molecule has 0 saturated carbocycles. The van der Waals surface area contributed by atoms with Gasteiger partial charge in [0.05, 0.1) is 12.1 Å². The van der Waals surface area contributed by atoms with Crippen LogP contribution in [0.1, 0.15) is 27.4 Å². The summed E-state index contributed by atoms with van der Waals surface area (Å²) in [5.41, 5.74) is 0.883. The van der Waals surface area contributed by atoms with E-state index in [4.69, 9.17) is 13.9 Å². The first-order chi connectivity index (χ1) is 13.1. The number of carbonyl (C=O) groups is 1. The summed E-state index contributed by atoms with van der Waals surface area (Å²) in [6.07, 6.45) is 0. The second-order valence-electron chi connectivity index (χ2n) is 6.34. The van der Waals surface area contributed by atoms with Gasteiger partial charge in [0.15, 0.2) is 11.5 Å². The van der Waals surface area contributed by atoms with Gasteiger partial charge in [-0.1, -0.05) is 18.2 Å². The molecule has 0 spiro atoms. The van der Waals surface area contributed by atoms with Gasteiger partial charge in [-0.15, -0.1) is 0 Å². The van der Waals surface area contributed by atoms with Crippen LogP contribution >= 0.6 is 0 Å². The molecule has 3 aromatic rings. The van der Waals surface area contributed by atoms with Crippen LogP contribution in [-0.4, -0.2) is 17.6 Å². The zero-order valence-electron chi connectivity index (χ0n) is 14.8. The molecule has 2 heterocycles. The Morgan fingerprint density at radius 1 is 1.04 bits per heavy atom. The molecular formula is C21H18FNO4. The number of furan rings is 1. The zero-order chi connectivity index (χ0) is 18.8. The summed E-state index contributed by atoms with van der Waals surface area (Å²) in [4.78, 5) is 14.6. The summed E-state index contributed by atoms with van der Waals surface area (Å²) in [6, 6.07) is 15.1. The van der Waals surface area contributed by atoms with E-state index in [1.54, 1.807) is 23.1 Å². The van der Waals surface area contributed by atoms with Crippen molar-refractivity contribution >= 4 is 5.91 Å². The Labute approximate surface area is 155 Å². The lowest BCUT2D eigenvalue weighted by Gasteiger charge is -2.22. The number of aryl methyl sites for hydroxylation is 1. The average Bonchev–Trinajstić information content (AvgIpc) is 3.29. The first kappa shape index (κ1) is 17.1. The van der Waals surface area contributed by atoms with E-state index >= 15 is 0 Å². The van der Waals surface area contributed by atoms with Crippen molar-refractivity contribution < 1.29 is 23.1 Å². The van der Waals surface area contributed by atoms with Crippen LogP contribution < -0.4 is 9.47 Å². The average molecular weight is 367 g/mol. The van der Waals surface area contributed by atoms with Crippen LogP contribution in [0.4, 0.5) is 4.39 Å². The fraction of sp³-hybridized carbons (Fsp3) is 0.190. The van der Waals surface area contributed by atoms with Gasteiger partial charge in [0.2, 0.25) is 6.79 Å². The lowest BCUT2D eigenvalue weighted by molar-refractivity contribution is 0.0712. The van der Waals surface area contributed by atoms with E-state index < -0.39 is 11.7 Å². The van der Waals surface area contributed by atoms with Gasteiger partial charge in [-0.3, -0.25) is 4.79 Å². The number of amides is 1. The Balaban J connectivity index is 1.63. The Hall–Kier alpha value is -3.28. The van der Waals surface area contributed by atoms with Crippen LogP contribution in [-0.2, 0) is 13.1 Å². The van der Waals surface area contributed by atoms with E-state index in [9.17, 15) is 9.18 Å². The van der Waals surface area contributed by atoms with E-state index in [-0.39, 0.29) is 25.4 Å². The molecule has 0 atom stereocenters. The molecule has 1 amide bonds. The van der Waals surface area contributed by atoms with Crippen molar-refractivity contribution in [3.63, 3.8) is 0 Å². The second kappa shape index (κ2) is 7.15.